The molecule has 0 heterocycles. The first kappa shape index (κ1) is 18.1. The summed E-state index contributed by atoms with van der Waals surface area (Å²) in [7, 11) is 0. The van der Waals surface area contributed by atoms with Crippen molar-refractivity contribution in [1.82, 2.24) is 0 Å². The first-order valence-corrected chi connectivity index (χ1v) is 7.29. The second-order valence-electron chi connectivity index (χ2n) is 5.07. The van der Waals surface area contributed by atoms with Crippen molar-refractivity contribution in [2.24, 2.45) is 5.73 Å². The molecule has 0 aliphatic heterocycles. The molecule has 0 fully saturated rings. The molecule has 3 N–H and O–H groups in total. The molecular weight excluding hydrogens is 323 g/mol. The lowest BCUT2D eigenvalue weighted by molar-refractivity contribution is -0.138. The van der Waals surface area contributed by atoms with Gasteiger partial charge in [0.1, 0.15) is 18.1 Å². The molecule has 0 aliphatic rings. The zero-order chi connectivity index (χ0) is 17.6. The van der Waals surface area contributed by atoms with E-state index in [0.29, 0.717) is 5.75 Å². The summed E-state index contributed by atoms with van der Waals surface area (Å²) < 4.78 is 49.9. The lowest BCUT2D eigenvalue weighted by atomic mass is 10.1. The summed E-state index contributed by atoms with van der Waals surface area (Å²) in [6, 6.07) is 12.4. The fourth-order valence-electron chi connectivity index (χ4n) is 2.09. The topological polar surface area (TPSA) is 64.7 Å². The number of para-hydroxylation sites is 1. The van der Waals surface area contributed by atoms with Crippen LogP contribution in [0.4, 0.5) is 13.2 Å². The Hall–Kier alpha value is -2.25. The van der Waals surface area contributed by atoms with Crippen LogP contribution < -0.4 is 15.2 Å². The van der Waals surface area contributed by atoms with Gasteiger partial charge < -0.3 is 20.3 Å². The van der Waals surface area contributed by atoms with Gasteiger partial charge in [0.2, 0.25) is 0 Å². The molecule has 2 aromatic carbocycles. The normalized spacial score (nSPS) is 12.7. The van der Waals surface area contributed by atoms with E-state index in [0.717, 1.165) is 6.07 Å². The molecule has 7 heteroatoms. The highest BCUT2D eigenvalue weighted by molar-refractivity contribution is 5.37. The summed E-state index contributed by atoms with van der Waals surface area (Å²) >= 11 is 0. The quantitative estimate of drug-likeness (QED) is 0.813. The van der Waals surface area contributed by atoms with E-state index >= 15 is 0 Å². The Morgan fingerprint density at radius 3 is 2.33 bits per heavy atom. The van der Waals surface area contributed by atoms with E-state index in [1.165, 1.54) is 12.1 Å². The van der Waals surface area contributed by atoms with Crippen LogP contribution in [0.15, 0.2) is 48.5 Å². The van der Waals surface area contributed by atoms with Crippen LogP contribution in [0.5, 0.6) is 11.5 Å². The molecule has 0 spiro atoms. The second kappa shape index (κ2) is 8.03. The summed E-state index contributed by atoms with van der Waals surface area (Å²) in [5.41, 5.74) is 4.47. The van der Waals surface area contributed by atoms with Crippen LogP contribution in [-0.2, 0) is 12.7 Å². The average Bonchev–Trinajstić information content (AvgIpc) is 2.58. The van der Waals surface area contributed by atoms with Crippen LogP contribution in [0.2, 0.25) is 0 Å². The molecule has 4 nitrogen and oxygen atoms in total. The molecular formula is C17H18F3NO3. The van der Waals surface area contributed by atoms with Crippen molar-refractivity contribution in [2.45, 2.75) is 18.8 Å². The first-order chi connectivity index (χ1) is 11.4. The summed E-state index contributed by atoms with van der Waals surface area (Å²) in [5, 5.41) is 9.35. The van der Waals surface area contributed by atoms with E-state index in [9.17, 15) is 18.3 Å². The molecule has 2 aromatic rings. The number of ether oxygens (including phenoxy) is 2. The van der Waals surface area contributed by atoms with Crippen LogP contribution in [-0.4, -0.2) is 24.4 Å². The number of aliphatic hydroxyl groups is 1. The third kappa shape index (κ3) is 4.87. The van der Waals surface area contributed by atoms with Crippen molar-refractivity contribution in [3.05, 3.63) is 59.7 Å². The highest BCUT2D eigenvalue weighted by Crippen LogP contribution is 2.34. The van der Waals surface area contributed by atoms with Gasteiger partial charge in [-0.1, -0.05) is 24.3 Å². The van der Waals surface area contributed by atoms with E-state index < -0.39 is 24.5 Å². The predicted octanol–water partition coefficient (Wildman–Crippen LogP) is 2.98. The Bertz CT molecular complexity index is 647. The van der Waals surface area contributed by atoms with Gasteiger partial charge in [-0.3, -0.25) is 0 Å². The molecule has 0 saturated heterocycles. The monoisotopic (exact) mass is 341 g/mol. The number of aliphatic hydroxyl groups excluding tert-OH is 1. The molecule has 1 unspecified atom stereocenters. The van der Waals surface area contributed by atoms with Crippen LogP contribution >= 0.6 is 0 Å². The minimum Gasteiger partial charge on any atom is -0.490 e. The van der Waals surface area contributed by atoms with Crippen molar-refractivity contribution in [3.63, 3.8) is 0 Å². The zero-order valence-electron chi connectivity index (χ0n) is 12.8. The van der Waals surface area contributed by atoms with Gasteiger partial charge in [0.05, 0.1) is 12.2 Å². The number of benzene rings is 2. The van der Waals surface area contributed by atoms with Gasteiger partial charge in [-0.2, -0.15) is 13.2 Å². The molecule has 0 bridgehead atoms. The van der Waals surface area contributed by atoms with E-state index in [4.69, 9.17) is 15.2 Å². The van der Waals surface area contributed by atoms with E-state index in [1.807, 2.05) is 6.07 Å². The zero-order valence-corrected chi connectivity index (χ0v) is 12.8. The maximum Gasteiger partial charge on any atom is 0.416 e. The largest absolute Gasteiger partial charge is 0.490 e. The highest BCUT2D eigenvalue weighted by atomic mass is 19.4. The van der Waals surface area contributed by atoms with Gasteiger partial charge in [0, 0.05) is 6.54 Å². The molecule has 0 saturated carbocycles. The molecule has 1 atom stereocenters. The number of nitrogens with two attached hydrogens (primary N) is 1. The maximum absolute atomic E-state index is 13.0. The Kier molecular flexibility index (Phi) is 6.05. The molecule has 2 rings (SSSR count). The van der Waals surface area contributed by atoms with Gasteiger partial charge >= 0.3 is 6.18 Å². The van der Waals surface area contributed by atoms with Gasteiger partial charge in [0.15, 0.2) is 6.10 Å². The first-order valence-electron chi connectivity index (χ1n) is 7.29. The minimum atomic E-state index is -4.52. The highest BCUT2D eigenvalue weighted by Gasteiger charge is 2.33. The van der Waals surface area contributed by atoms with Crippen molar-refractivity contribution in [2.75, 3.05) is 13.2 Å². The molecule has 0 aromatic heterocycles. The Balaban J connectivity index is 2.07. The summed E-state index contributed by atoms with van der Waals surface area (Å²) in [6.45, 7) is -0.622. The third-order valence-electron chi connectivity index (χ3n) is 3.29. The number of rotatable bonds is 7. The summed E-state index contributed by atoms with van der Waals surface area (Å²) in [4.78, 5) is 0. The minimum absolute atomic E-state index is 0.000501. The van der Waals surface area contributed by atoms with Crippen molar-refractivity contribution in [3.8, 4) is 11.5 Å². The Labute approximate surface area is 137 Å². The van der Waals surface area contributed by atoms with Crippen LogP contribution in [0.3, 0.4) is 0 Å². The smallest absolute Gasteiger partial charge is 0.416 e. The van der Waals surface area contributed by atoms with Crippen LogP contribution in [0.1, 0.15) is 11.1 Å². The lowest BCUT2D eigenvalue weighted by Gasteiger charge is -2.19. The molecule has 130 valence electrons. The summed E-state index contributed by atoms with van der Waals surface area (Å²) in [6.07, 6.45) is -5.32. The fraction of sp³-hybridized carbons (Fsp3) is 0.294. The summed E-state index contributed by atoms with van der Waals surface area (Å²) in [5.74, 6) is 0.573. The van der Waals surface area contributed by atoms with Crippen molar-refractivity contribution in [1.29, 1.82) is 0 Å². The molecule has 0 amide bonds. The predicted molar refractivity (Wildman–Crippen MR) is 82.8 cm³/mol. The van der Waals surface area contributed by atoms with Crippen molar-refractivity contribution >= 4 is 0 Å². The van der Waals surface area contributed by atoms with E-state index in [-0.39, 0.29) is 24.5 Å². The average molecular weight is 341 g/mol. The van der Waals surface area contributed by atoms with Gasteiger partial charge in [0.25, 0.3) is 0 Å². The lowest BCUT2D eigenvalue weighted by Crippen LogP contribution is -2.28. The van der Waals surface area contributed by atoms with Gasteiger partial charge in [-0.15, -0.1) is 0 Å². The van der Waals surface area contributed by atoms with Gasteiger partial charge in [-0.05, 0) is 29.8 Å². The molecule has 0 radical (unpaired) electrons. The Morgan fingerprint density at radius 1 is 1.04 bits per heavy atom. The van der Waals surface area contributed by atoms with Crippen molar-refractivity contribution < 1.29 is 27.8 Å². The van der Waals surface area contributed by atoms with Crippen LogP contribution in [0, 0.1) is 0 Å². The maximum atomic E-state index is 13.0. The van der Waals surface area contributed by atoms with E-state index in [2.05, 4.69) is 0 Å². The third-order valence-corrected chi connectivity index (χ3v) is 3.29. The SMILES string of the molecule is NCc1ccc(OC(CO)COc2ccccc2)cc1C(F)(F)F. The number of hydrogen-bond donors (Lipinski definition) is 2. The van der Waals surface area contributed by atoms with Gasteiger partial charge in [-0.25, -0.2) is 0 Å². The number of alkyl halides is 3. The van der Waals surface area contributed by atoms with E-state index in [1.54, 1.807) is 24.3 Å². The Morgan fingerprint density at radius 2 is 1.75 bits per heavy atom. The number of hydrogen-bond acceptors (Lipinski definition) is 4. The standard InChI is InChI=1S/C17H18F3NO3/c18-17(19,20)16-8-14(7-6-12(16)9-21)24-15(10-22)11-23-13-4-2-1-3-5-13/h1-8,15,22H,9-11,21H2. The second-order valence-corrected chi connectivity index (χ2v) is 5.07. The van der Waals surface area contributed by atoms with Crippen LogP contribution in [0.25, 0.3) is 0 Å². The molecule has 24 heavy (non-hydrogen) atoms. The fourth-order valence-corrected chi connectivity index (χ4v) is 2.09. The number of halogens is 3. The molecule has 0 aliphatic carbocycles.